The Labute approximate surface area is 89.5 Å². The second-order valence-electron chi connectivity index (χ2n) is 3.78. The van der Waals surface area contributed by atoms with Crippen molar-refractivity contribution in [1.29, 1.82) is 0 Å². The predicted octanol–water partition coefficient (Wildman–Crippen LogP) is 0.356. The van der Waals surface area contributed by atoms with Gasteiger partial charge in [-0.25, -0.2) is 0 Å². The zero-order valence-electron chi connectivity index (χ0n) is 8.67. The zero-order chi connectivity index (χ0) is 10.5. The first kappa shape index (κ1) is 10.1. The van der Waals surface area contributed by atoms with Crippen LogP contribution in [0.5, 0.6) is 0 Å². The van der Waals surface area contributed by atoms with Crippen LogP contribution in [0.25, 0.3) is 0 Å². The monoisotopic (exact) mass is 205 g/mol. The Morgan fingerprint density at radius 1 is 1.33 bits per heavy atom. The maximum Gasteiger partial charge on any atom is 0.209 e. The fourth-order valence-corrected chi connectivity index (χ4v) is 1.78. The Kier molecular flexibility index (Phi) is 3.29. The van der Waals surface area contributed by atoms with Gasteiger partial charge in [0.2, 0.25) is 6.41 Å². The van der Waals surface area contributed by atoms with Gasteiger partial charge < -0.3 is 4.90 Å². The Morgan fingerprint density at radius 3 is 2.73 bits per heavy atom. The number of pyridine rings is 1. The molecule has 0 N–H and O–H groups in total. The molecule has 15 heavy (non-hydrogen) atoms. The number of piperazine rings is 1. The number of aromatic nitrogens is 1. The standard InChI is InChI=1S/C11H15N3O/c15-10-14-6-4-13(5-7-14)9-11-2-1-3-12-8-11/h1-3,8,10H,4-7,9H2. The van der Waals surface area contributed by atoms with Crippen LogP contribution < -0.4 is 0 Å². The molecule has 1 aliphatic heterocycles. The van der Waals surface area contributed by atoms with E-state index in [0.29, 0.717) is 0 Å². The van der Waals surface area contributed by atoms with Crippen molar-refractivity contribution >= 4 is 6.41 Å². The summed E-state index contributed by atoms with van der Waals surface area (Å²) in [6.07, 6.45) is 4.61. The van der Waals surface area contributed by atoms with Crippen LogP contribution >= 0.6 is 0 Å². The fourth-order valence-electron chi connectivity index (χ4n) is 1.78. The number of carbonyl (C=O) groups is 1. The molecule has 0 radical (unpaired) electrons. The van der Waals surface area contributed by atoms with Gasteiger partial charge in [0.15, 0.2) is 0 Å². The van der Waals surface area contributed by atoms with E-state index in [1.54, 1.807) is 6.20 Å². The molecule has 1 aromatic heterocycles. The van der Waals surface area contributed by atoms with Crippen molar-refractivity contribution in [3.05, 3.63) is 30.1 Å². The summed E-state index contributed by atoms with van der Waals surface area (Å²) >= 11 is 0. The third kappa shape index (κ3) is 2.76. The Balaban J connectivity index is 1.85. The Morgan fingerprint density at radius 2 is 2.13 bits per heavy atom. The van der Waals surface area contributed by atoms with E-state index in [1.165, 1.54) is 5.56 Å². The molecule has 0 atom stereocenters. The molecule has 1 fully saturated rings. The van der Waals surface area contributed by atoms with E-state index in [9.17, 15) is 4.79 Å². The summed E-state index contributed by atoms with van der Waals surface area (Å²) in [4.78, 5) is 18.8. The molecule has 0 bridgehead atoms. The lowest BCUT2D eigenvalue weighted by atomic mass is 10.2. The lowest BCUT2D eigenvalue weighted by molar-refractivity contribution is -0.119. The summed E-state index contributed by atoms with van der Waals surface area (Å²) in [5.74, 6) is 0. The summed E-state index contributed by atoms with van der Waals surface area (Å²) < 4.78 is 0. The van der Waals surface area contributed by atoms with E-state index in [1.807, 2.05) is 17.2 Å². The van der Waals surface area contributed by atoms with Crippen LogP contribution in [0.4, 0.5) is 0 Å². The van der Waals surface area contributed by atoms with Gasteiger partial charge in [0, 0.05) is 45.1 Å². The van der Waals surface area contributed by atoms with Gasteiger partial charge >= 0.3 is 0 Å². The van der Waals surface area contributed by atoms with Gasteiger partial charge in [-0.05, 0) is 11.6 Å². The molecule has 0 aromatic carbocycles. The van der Waals surface area contributed by atoms with Crippen molar-refractivity contribution in [2.75, 3.05) is 26.2 Å². The summed E-state index contributed by atoms with van der Waals surface area (Å²) in [7, 11) is 0. The first-order chi connectivity index (χ1) is 7.38. The fraction of sp³-hybridized carbons (Fsp3) is 0.455. The number of nitrogens with zero attached hydrogens (tertiary/aromatic N) is 3. The number of carbonyl (C=O) groups excluding carboxylic acids is 1. The van der Waals surface area contributed by atoms with Crippen LogP contribution in [0.3, 0.4) is 0 Å². The minimum Gasteiger partial charge on any atom is -0.343 e. The SMILES string of the molecule is O=CN1CCN(Cc2cccnc2)CC1. The minimum absolute atomic E-state index is 0.837. The number of hydrogen-bond donors (Lipinski definition) is 0. The van der Waals surface area contributed by atoms with Crippen LogP contribution in [0.15, 0.2) is 24.5 Å². The molecule has 0 aliphatic carbocycles. The van der Waals surface area contributed by atoms with Crippen LogP contribution in [-0.2, 0) is 11.3 Å². The molecule has 2 rings (SSSR count). The minimum atomic E-state index is 0.837. The highest BCUT2D eigenvalue weighted by Crippen LogP contribution is 2.05. The molecular formula is C11H15N3O. The van der Waals surface area contributed by atoms with E-state index in [0.717, 1.165) is 39.1 Å². The second-order valence-corrected chi connectivity index (χ2v) is 3.78. The largest absolute Gasteiger partial charge is 0.343 e. The van der Waals surface area contributed by atoms with Crippen LogP contribution in [-0.4, -0.2) is 47.4 Å². The molecule has 2 heterocycles. The molecule has 1 aromatic rings. The van der Waals surface area contributed by atoms with Gasteiger partial charge in [0.25, 0.3) is 0 Å². The summed E-state index contributed by atoms with van der Waals surface area (Å²) in [5, 5.41) is 0. The number of hydrogen-bond acceptors (Lipinski definition) is 3. The van der Waals surface area contributed by atoms with Crippen LogP contribution in [0.1, 0.15) is 5.56 Å². The van der Waals surface area contributed by atoms with Crippen LogP contribution in [0, 0.1) is 0 Å². The molecule has 0 spiro atoms. The maximum absolute atomic E-state index is 10.5. The maximum atomic E-state index is 10.5. The van der Waals surface area contributed by atoms with E-state index >= 15 is 0 Å². The molecule has 80 valence electrons. The Bertz CT molecular complexity index is 307. The quantitative estimate of drug-likeness (QED) is 0.668. The van der Waals surface area contributed by atoms with Crippen molar-refractivity contribution in [1.82, 2.24) is 14.8 Å². The average Bonchev–Trinajstić information content (AvgIpc) is 2.31. The first-order valence-electron chi connectivity index (χ1n) is 5.19. The third-order valence-electron chi connectivity index (χ3n) is 2.68. The van der Waals surface area contributed by atoms with Gasteiger partial charge in [-0.15, -0.1) is 0 Å². The van der Waals surface area contributed by atoms with Crippen molar-refractivity contribution in [2.24, 2.45) is 0 Å². The lowest BCUT2D eigenvalue weighted by Crippen LogP contribution is -2.45. The van der Waals surface area contributed by atoms with E-state index in [2.05, 4.69) is 16.0 Å². The number of amides is 1. The Hall–Kier alpha value is -1.42. The normalized spacial score (nSPS) is 17.7. The van der Waals surface area contributed by atoms with Crippen molar-refractivity contribution in [3.8, 4) is 0 Å². The van der Waals surface area contributed by atoms with Gasteiger partial charge in [0.1, 0.15) is 0 Å². The smallest absolute Gasteiger partial charge is 0.209 e. The summed E-state index contributed by atoms with van der Waals surface area (Å²) in [6, 6.07) is 4.04. The topological polar surface area (TPSA) is 36.4 Å². The van der Waals surface area contributed by atoms with E-state index < -0.39 is 0 Å². The molecule has 1 saturated heterocycles. The third-order valence-corrected chi connectivity index (χ3v) is 2.68. The highest BCUT2D eigenvalue weighted by atomic mass is 16.1. The van der Waals surface area contributed by atoms with E-state index in [-0.39, 0.29) is 0 Å². The highest BCUT2D eigenvalue weighted by molar-refractivity contribution is 5.47. The predicted molar refractivity (Wildman–Crippen MR) is 57.2 cm³/mol. The summed E-state index contributed by atoms with van der Waals surface area (Å²) in [6.45, 7) is 4.51. The van der Waals surface area contributed by atoms with Gasteiger partial charge in [-0.1, -0.05) is 6.07 Å². The lowest BCUT2D eigenvalue weighted by Gasteiger charge is -2.32. The second kappa shape index (κ2) is 4.89. The summed E-state index contributed by atoms with van der Waals surface area (Å²) in [5.41, 5.74) is 1.23. The van der Waals surface area contributed by atoms with Crippen molar-refractivity contribution < 1.29 is 4.79 Å². The van der Waals surface area contributed by atoms with Gasteiger partial charge in [-0.3, -0.25) is 14.7 Å². The first-order valence-corrected chi connectivity index (χ1v) is 5.19. The molecular weight excluding hydrogens is 190 g/mol. The van der Waals surface area contributed by atoms with E-state index in [4.69, 9.17) is 0 Å². The van der Waals surface area contributed by atoms with Crippen molar-refractivity contribution in [3.63, 3.8) is 0 Å². The zero-order valence-corrected chi connectivity index (χ0v) is 8.67. The molecule has 4 heteroatoms. The molecule has 1 amide bonds. The van der Waals surface area contributed by atoms with Gasteiger partial charge in [-0.2, -0.15) is 0 Å². The average molecular weight is 205 g/mol. The molecule has 1 aliphatic rings. The number of rotatable bonds is 3. The van der Waals surface area contributed by atoms with Crippen molar-refractivity contribution in [2.45, 2.75) is 6.54 Å². The molecule has 4 nitrogen and oxygen atoms in total. The van der Waals surface area contributed by atoms with Gasteiger partial charge in [0.05, 0.1) is 0 Å². The highest BCUT2D eigenvalue weighted by Gasteiger charge is 2.14. The van der Waals surface area contributed by atoms with Crippen LogP contribution in [0.2, 0.25) is 0 Å². The molecule has 0 saturated carbocycles. The molecule has 0 unspecified atom stereocenters.